The van der Waals surface area contributed by atoms with Crippen molar-refractivity contribution >= 4 is 17.6 Å². The molecule has 1 aliphatic carbocycles. The van der Waals surface area contributed by atoms with Crippen molar-refractivity contribution in [3.8, 4) is 11.4 Å². The summed E-state index contributed by atoms with van der Waals surface area (Å²) >= 11 is 0. The summed E-state index contributed by atoms with van der Waals surface area (Å²) in [6, 6.07) is 7.26. The second-order valence-electron chi connectivity index (χ2n) is 5.74. The SMILES string of the molecule is Cn1nnnc1-c1cccc(NC(=O)[C@@H]2CC[C@H](C(=O)O)C2)c1. The highest BCUT2D eigenvalue weighted by atomic mass is 16.4. The molecule has 23 heavy (non-hydrogen) atoms. The van der Waals surface area contributed by atoms with Crippen LogP contribution in [0, 0.1) is 11.8 Å². The molecule has 2 atom stereocenters. The van der Waals surface area contributed by atoms with Crippen LogP contribution < -0.4 is 5.32 Å². The van der Waals surface area contributed by atoms with Gasteiger partial charge in [-0.3, -0.25) is 9.59 Å². The predicted molar refractivity (Wildman–Crippen MR) is 81.3 cm³/mol. The van der Waals surface area contributed by atoms with Crippen molar-refractivity contribution < 1.29 is 14.7 Å². The molecule has 1 amide bonds. The number of benzene rings is 1. The van der Waals surface area contributed by atoms with E-state index in [1.54, 1.807) is 23.9 Å². The lowest BCUT2D eigenvalue weighted by molar-refractivity contribution is -0.141. The second-order valence-corrected chi connectivity index (χ2v) is 5.74. The number of carbonyl (C=O) groups excluding carboxylic acids is 1. The van der Waals surface area contributed by atoms with E-state index in [9.17, 15) is 9.59 Å². The van der Waals surface area contributed by atoms with E-state index in [-0.39, 0.29) is 11.8 Å². The molecule has 1 fully saturated rings. The third kappa shape index (κ3) is 3.20. The zero-order chi connectivity index (χ0) is 16.4. The van der Waals surface area contributed by atoms with Gasteiger partial charge in [-0.05, 0) is 41.8 Å². The quantitative estimate of drug-likeness (QED) is 0.880. The second kappa shape index (κ2) is 6.15. The highest BCUT2D eigenvalue weighted by Gasteiger charge is 2.33. The first-order valence-electron chi connectivity index (χ1n) is 7.41. The van der Waals surface area contributed by atoms with Crippen LogP contribution in [0.2, 0.25) is 0 Å². The summed E-state index contributed by atoms with van der Waals surface area (Å²) in [6.07, 6.45) is 1.56. The summed E-state index contributed by atoms with van der Waals surface area (Å²) < 4.78 is 1.55. The Hall–Kier alpha value is -2.77. The molecule has 8 nitrogen and oxygen atoms in total. The number of rotatable bonds is 4. The number of nitrogens with one attached hydrogen (secondary N) is 1. The van der Waals surface area contributed by atoms with Crippen molar-refractivity contribution in [1.29, 1.82) is 0 Å². The molecule has 0 aliphatic heterocycles. The van der Waals surface area contributed by atoms with Crippen LogP contribution in [0.3, 0.4) is 0 Å². The first-order valence-corrected chi connectivity index (χ1v) is 7.41. The van der Waals surface area contributed by atoms with Crippen LogP contribution in [0.15, 0.2) is 24.3 Å². The number of hydrogen-bond donors (Lipinski definition) is 2. The van der Waals surface area contributed by atoms with Crippen LogP contribution >= 0.6 is 0 Å². The maximum atomic E-state index is 12.3. The molecule has 2 aromatic rings. The van der Waals surface area contributed by atoms with Crippen LogP contribution in [0.1, 0.15) is 19.3 Å². The Bertz CT molecular complexity index is 742. The van der Waals surface area contributed by atoms with Crippen LogP contribution in [0.5, 0.6) is 0 Å². The van der Waals surface area contributed by atoms with E-state index in [0.717, 1.165) is 5.56 Å². The highest BCUT2D eigenvalue weighted by Crippen LogP contribution is 2.32. The average Bonchev–Trinajstić information content (AvgIpc) is 3.16. The van der Waals surface area contributed by atoms with Crippen molar-refractivity contribution in [2.24, 2.45) is 18.9 Å². The van der Waals surface area contributed by atoms with E-state index < -0.39 is 11.9 Å². The van der Waals surface area contributed by atoms with Gasteiger partial charge in [-0.15, -0.1) is 5.10 Å². The number of carboxylic acids is 1. The summed E-state index contributed by atoms with van der Waals surface area (Å²) in [6.45, 7) is 0. The Labute approximate surface area is 132 Å². The number of aryl methyl sites for hydroxylation is 1. The van der Waals surface area contributed by atoms with Gasteiger partial charge in [-0.2, -0.15) is 0 Å². The Morgan fingerprint density at radius 1 is 1.30 bits per heavy atom. The molecule has 1 saturated carbocycles. The van der Waals surface area contributed by atoms with Crippen molar-refractivity contribution in [3.63, 3.8) is 0 Å². The summed E-state index contributed by atoms with van der Waals surface area (Å²) in [5.41, 5.74) is 1.44. The summed E-state index contributed by atoms with van der Waals surface area (Å²) in [4.78, 5) is 23.3. The molecule has 0 radical (unpaired) electrons. The first-order chi connectivity index (χ1) is 11.0. The minimum atomic E-state index is -0.822. The van der Waals surface area contributed by atoms with Crippen LogP contribution in [0.4, 0.5) is 5.69 Å². The molecule has 8 heteroatoms. The van der Waals surface area contributed by atoms with E-state index in [1.165, 1.54) is 0 Å². The maximum Gasteiger partial charge on any atom is 0.306 e. The van der Waals surface area contributed by atoms with Crippen LogP contribution in [-0.4, -0.2) is 37.2 Å². The molecule has 1 aliphatic rings. The molecular formula is C15H17N5O3. The number of aliphatic carboxylic acids is 1. The number of amides is 1. The van der Waals surface area contributed by atoms with Gasteiger partial charge in [0.15, 0.2) is 5.82 Å². The lowest BCUT2D eigenvalue weighted by Gasteiger charge is -2.11. The van der Waals surface area contributed by atoms with Gasteiger partial charge in [-0.1, -0.05) is 12.1 Å². The minimum absolute atomic E-state index is 0.137. The Kier molecular flexibility index (Phi) is 4.05. The van der Waals surface area contributed by atoms with Crippen molar-refractivity contribution in [1.82, 2.24) is 20.2 Å². The number of carbonyl (C=O) groups is 2. The predicted octanol–water partition coefficient (Wildman–Crippen LogP) is 1.32. The molecule has 0 saturated heterocycles. The Morgan fingerprint density at radius 3 is 2.74 bits per heavy atom. The van der Waals surface area contributed by atoms with Gasteiger partial charge < -0.3 is 10.4 Å². The number of nitrogens with zero attached hydrogens (tertiary/aromatic N) is 4. The van der Waals surface area contributed by atoms with E-state index in [1.807, 2.05) is 12.1 Å². The summed E-state index contributed by atoms with van der Waals surface area (Å²) in [5, 5.41) is 23.2. The van der Waals surface area contributed by atoms with E-state index in [0.29, 0.717) is 30.8 Å². The fourth-order valence-corrected chi connectivity index (χ4v) is 2.90. The maximum absolute atomic E-state index is 12.3. The normalized spacial score (nSPS) is 20.4. The Balaban J connectivity index is 1.70. The average molecular weight is 315 g/mol. The van der Waals surface area contributed by atoms with Crippen LogP contribution in [0.25, 0.3) is 11.4 Å². The molecule has 0 spiro atoms. The van der Waals surface area contributed by atoms with Gasteiger partial charge in [0.2, 0.25) is 5.91 Å². The van der Waals surface area contributed by atoms with Crippen molar-refractivity contribution in [2.45, 2.75) is 19.3 Å². The van der Waals surface area contributed by atoms with Gasteiger partial charge in [-0.25, -0.2) is 4.68 Å². The summed E-state index contributed by atoms with van der Waals surface area (Å²) in [5.74, 6) is -1.02. The number of tetrazole rings is 1. The van der Waals surface area contributed by atoms with E-state index in [4.69, 9.17) is 5.11 Å². The molecule has 1 aromatic carbocycles. The third-order valence-electron chi connectivity index (χ3n) is 4.16. The topological polar surface area (TPSA) is 110 Å². The van der Waals surface area contributed by atoms with Crippen molar-refractivity contribution in [2.75, 3.05) is 5.32 Å². The molecule has 3 rings (SSSR count). The van der Waals surface area contributed by atoms with Gasteiger partial charge in [0, 0.05) is 24.2 Å². The van der Waals surface area contributed by atoms with Gasteiger partial charge in [0.25, 0.3) is 0 Å². The van der Waals surface area contributed by atoms with Gasteiger partial charge in [0.05, 0.1) is 5.92 Å². The lowest BCUT2D eigenvalue weighted by Crippen LogP contribution is -2.21. The Morgan fingerprint density at radius 2 is 2.09 bits per heavy atom. The number of aromatic nitrogens is 4. The molecule has 0 bridgehead atoms. The molecule has 2 N–H and O–H groups in total. The third-order valence-corrected chi connectivity index (χ3v) is 4.16. The number of anilines is 1. The monoisotopic (exact) mass is 315 g/mol. The minimum Gasteiger partial charge on any atom is -0.481 e. The molecule has 1 aromatic heterocycles. The molecular weight excluding hydrogens is 298 g/mol. The molecule has 0 unspecified atom stereocenters. The standard InChI is InChI=1S/C15H17N5O3/c1-20-13(17-18-19-20)9-3-2-4-12(8-9)16-14(21)10-5-6-11(7-10)15(22)23/h2-4,8,10-11H,5-7H2,1H3,(H,16,21)(H,22,23)/t10-,11+/m1/s1. The zero-order valence-electron chi connectivity index (χ0n) is 12.6. The zero-order valence-corrected chi connectivity index (χ0v) is 12.6. The molecule has 1 heterocycles. The summed E-state index contributed by atoms with van der Waals surface area (Å²) in [7, 11) is 1.74. The van der Waals surface area contributed by atoms with Gasteiger partial charge >= 0.3 is 5.97 Å². The van der Waals surface area contributed by atoms with E-state index >= 15 is 0 Å². The fraction of sp³-hybridized carbons (Fsp3) is 0.400. The van der Waals surface area contributed by atoms with Crippen molar-refractivity contribution in [3.05, 3.63) is 24.3 Å². The number of hydrogen-bond acceptors (Lipinski definition) is 5. The molecule has 120 valence electrons. The fourth-order valence-electron chi connectivity index (χ4n) is 2.90. The number of carboxylic acid groups (broad SMARTS) is 1. The first kappa shape index (κ1) is 15.1. The van der Waals surface area contributed by atoms with Gasteiger partial charge in [0.1, 0.15) is 0 Å². The van der Waals surface area contributed by atoms with E-state index in [2.05, 4.69) is 20.8 Å². The lowest BCUT2D eigenvalue weighted by atomic mass is 10.0. The smallest absolute Gasteiger partial charge is 0.306 e. The highest BCUT2D eigenvalue weighted by molar-refractivity contribution is 5.93. The van der Waals surface area contributed by atoms with Crippen LogP contribution in [-0.2, 0) is 16.6 Å². The largest absolute Gasteiger partial charge is 0.481 e.